The first-order chi connectivity index (χ1) is 9.68. The van der Waals surface area contributed by atoms with Gasteiger partial charge in [-0.1, -0.05) is 0 Å². The van der Waals surface area contributed by atoms with E-state index in [0.29, 0.717) is 5.56 Å². The summed E-state index contributed by atoms with van der Waals surface area (Å²) in [5, 5.41) is 14.1. The van der Waals surface area contributed by atoms with Crippen LogP contribution >= 0.6 is 0 Å². The molecule has 2 amide bonds. The van der Waals surface area contributed by atoms with Gasteiger partial charge in [-0.25, -0.2) is 0 Å². The van der Waals surface area contributed by atoms with E-state index in [1.165, 1.54) is 13.0 Å². The lowest BCUT2D eigenvalue weighted by atomic mass is 10.0. The van der Waals surface area contributed by atoms with Crippen molar-refractivity contribution in [2.24, 2.45) is 5.92 Å². The van der Waals surface area contributed by atoms with Crippen molar-refractivity contribution in [3.63, 3.8) is 0 Å². The fraction of sp³-hybridized carbons (Fsp3) is 0.385. The zero-order valence-electron chi connectivity index (χ0n) is 11.0. The molecule has 2 rings (SSSR count). The number of halogens is 3. The van der Waals surface area contributed by atoms with Crippen molar-refractivity contribution >= 4 is 17.5 Å². The van der Waals surface area contributed by atoms with Crippen LogP contribution in [0.3, 0.4) is 0 Å². The highest BCUT2D eigenvalue weighted by Crippen LogP contribution is 2.32. The van der Waals surface area contributed by atoms with Crippen LogP contribution in [-0.2, 0) is 15.8 Å². The largest absolute Gasteiger partial charge is 0.416 e. The van der Waals surface area contributed by atoms with Gasteiger partial charge in [0.1, 0.15) is 5.92 Å². The molecular weight excluding hydrogens is 289 g/mol. The van der Waals surface area contributed by atoms with Crippen LogP contribution in [0.15, 0.2) is 18.2 Å². The smallest absolute Gasteiger partial charge is 0.390 e. The molecule has 1 aliphatic heterocycles. The number of amides is 2. The highest BCUT2D eigenvalue weighted by Gasteiger charge is 2.39. The van der Waals surface area contributed by atoms with Crippen LogP contribution in [0, 0.1) is 12.8 Å². The second-order valence-electron chi connectivity index (χ2n) is 4.86. The molecule has 0 saturated carbocycles. The number of anilines is 1. The number of rotatable bonds is 2. The Balaban J connectivity index is 2.22. The Morgan fingerprint density at radius 1 is 1.38 bits per heavy atom. The minimum Gasteiger partial charge on any atom is -0.390 e. The first kappa shape index (κ1) is 15.3. The number of aliphatic hydroxyl groups excluding tert-OH is 1. The summed E-state index contributed by atoms with van der Waals surface area (Å²) in [6, 6.07) is 3.09. The van der Waals surface area contributed by atoms with E-state index < -0.39 is 35.6 Å². The predicted octanol–water partition coefficient (Wildman–Crippen LogP) is 1.06. The van der Waals surface area contributed by atoms with Gasteiger partial charge in [0.2, 0.25) is 11.8 Å². The summed E-state index contributed by atoms with van der Waals surface area (Å²) in [5.41, 5.74) is -0.648. The van der Waals surface area contributed by atoms with Gasteiger partial charge in [0.25, 0.3) is 0 Å². The summed E-state index contributed by atoms with van der Waals surface area (Å²) in [5.74, 6) is -2.81. The molecule has 1 saturated heterocycles. The maximum absolute atomic E-state index is 12.7. The van der Waals surface area contributed by atoms with Gasteiger partial charge in [0.05, 0.1) is 11.7 Å². The van der Waals surface area contributed by atoms with E-state index in [4.69, 9.17) is 0 Å². The standard InChI is InChI=1S/C13H13F3N2O3/c1-6-2-7(13(14,15)16)4-8(3-6)18-12(21)10-9(19)5-17-11(10)20/h2-4,9-10,19H,5H2,1H3,(H,17,20)(H,18,21). The molecule has 2 unspecified atom stereocenters. The Kier molecular flexibility index (Phi) is 3.91. The third-order valence-corrected chi connectivity index (χ3v) is 3.11. The number of hydrogen-bond donors (Lipinski definition) is 3. The maximum Gasteiger partial charge on any atom is 0.416 e. The van der Waals surface area contributed by atoms with Gasteiger partial charge in [-0.2, -0.15) is 13.2 Å². The number of carbonyl (C=O) groups is 2. The number of carbonyl (C=O) groups excluding carboxylic acids is 2. The van der Waals surface area contributed by atoms with Crippen molar-refractivity contribution in [3.8, 4) is 0 Å². The molecule has 0 spiro atoms. The molecule has 1 aromatic carbocycles. The van der Waals surface area contributed by atoms with Crippen LogP contribution in [0.4, 0.5) is 18.9 Å². The summed E-state index contributed by atoms with van der Waals surface area (Å²) >= 11 is 0. The van der Waals surface area contributed by atoms with Gasteiger partial charge in [0.15, 0.2) is 0 Å². The van der Waals surface area contributed by atoms with Crippen molar-refractivity contribution in [1.29, 1.82) is 0 Å². The quantitative estimate of drug-likeness (QED) is 0.715. The van der Waals surface area contributed by atoms with E-state index in [2.05, 4.69) is 10.6 Å². The Labute approximate surface area is 118 Å². The van der Waals surface area contributed by atoms with E-state index in [1.807, 2.05) is 0 Å². The molecule has 1 heterocycles. The van der Waals surface area contributed by atoms with Gasteiger partial charge in [-0.15, -0.1) is 0 Å². The number of aryl methyl sites for hydroxylation is 1. The number of nitrogens with one attached hydrogen (secondary N) is 2. The first-order valence-corrected chi connectivity index (χ1v) is 6.14. The Bertz CT molecular complexity index is 587. The van der Waals surface area contributed by atoms with Crippen LogP contribution in [-0.4, -0.2) is 29.6 Å². The molecule has 21 heavy (non-hydrogen) atoms. The lowest BCUT2D eigenvalue weighted by Gasteiger charge is -2.14. The summed E-state index contributed by atoms with van der Waals surface area (Å²) in [4.78, 5) is 23.3. The summed E-state index contributed by atoms with van der Waals surface area (Å²) in [7, 11) is 0. The second-order valence-corrected chi connectivity index (χ2v) is 4.86. The number of β-amino-alcohol motifs (C(OH)–C–C–N with tert-alkyl or cyclic N) is 1. The fourth-order valence-corrected chi connectivity index (χ4v) is 2.14. The SMILES string of the molecule is Cc1cc(NC(=O)C2C(=O)NCC2O)cc(C(F)(F)F)c1. The molecule has 1 fully saturated rings. The van der Waals surface area contributed by atoms with Crippen molar-refractivity contribution < 1.29 is 27.9 Å². The number of aliphatic hydroxyl groups is 1. The predicted molar refractivity (Wildman–Crippen MR) is 67.3 cm³/mol. The molecular formula is C13H13F3N2O3. The van der Waals surface area contributed by atoms with Crippen LogP contribution in [0.5, 0.6) is 0 Å². The van der Waals surface area contributed by atoms with Crippen molar-refractivity contribution in [2.75, 3.05) is 11.9 Å². The minimum atomic E-state index is -4.53. The molecule has 0 aromatic heterocycles. The Hall–Kier alpha value is -2.09. The van der Waals surface area contributed by atoms with Crippen LogP contribution in [0.25, 0.3) is 0 Å². The lowest BCUT2D eigenvalue weighted by Crippen LogP contribution is -2.34. The monoisotopic (exact) mass is 302 g/mol. The molecule has 1 aromatic rings. The highest BCUT2D eigenvalue weighted by molar-refractivity contribution is 6.08. The summed E-state index contributed by atoms with van der Waals surface area (Å²) in [6.45, 7) is 1.40. The number of alkyl halides is 3. The van der Waals surface area contributed by atoms with Gasteiger partial charge < -0.3 is 15.7 Å². The molecule has 0 aliphatic carbocycles. The number of benzene rings is 1. The Morgan fingerprint density at radius 3 is 2.57 bits per heavy atom. The van der Waals surface area contributed by atoms with Gasteiger partial charge >= 0.3 is 6.18 Å². The summed E-state index contributed by atoms with van der Waals surface area (Å²) < 4.78 is 38.1. The molecule has 8 heteroatoms. The maximum atomic E-state index is 12.7. The molecule has 3 N–H and O–H groups in total. The van der Waals surface area contributed by atoms with Crippen LogP contribution in [0.2, 0.25) is 0 Å². The minimum absolute atomic E-state index is 0.0570. The second kappa shape index (κ2) is 5.36. The van der Waals surface area contributed by atoms with Crippen molar-refractivity contribution in [3.05, 3.63) is 29.3 Å². The fourth-order valence-electron chi connectivity index (χ4n) is 2.14. The van der Waals surface area contributed by atoms with Gasteiger partial charge in [-0.3, -0.25) is 9.59 Å². The molecule has 0 radical (unpaired) electrons. The van der Waals surface area contributed by atoms with E-state index >= 15 is 0 Å². The normalized spacial score (nSPS) is 22.0. The number of hydrogen-bond acceptors (Lipinski definition) is 3. The highest BCUT2D eigenvalue weighted by atomic mass is 19.4. The lowest BCUT2D eigenvalue weighted by molar-refractivity contribution is -0.138. The molecule has 114 valence electrons. The third kappa shape index (κ3) is 3.33. The molecule has 1 aliphatic rings. The summed E-state index contributed by atoms with van der Waals surface area (Å²) in [6.07, 6.45) is -5.72. The molecule has 2 atom stereocenters. The average Bonchev–Trinajstić information content (AvgIpc) is 2.67. The van der Waals surface area contributed by atoms with E-state index in [1.54, 1.807) is 0 Å². The molecule has 0 bridgehead atoms. The van der Waals surface area contributed by atoms with Crippen molar-refractivity contribution in [1.82, 2.24) is 5.32 Å². The molecule has 5 nitrogen and oxygen atoms in total. The van der Waals surface area contributed by atoms with E-state index in [9.17, 15) is 27.9 Å². The average molecular weight is 302 g/mol. The van der Waals surface area contributed by atoms with E-state index in [0.717, 1.165) is 12.1 Å². The third-order valence-electron chi connectivity index (χ3n) is 3.11. The van der Waals surface area contributed by atoms with Gasteiger partial charge in [-0.05, 0) is 30.7 Å². The Morgan fingerprint density at radius 2 is 2.05 bits per heavy atom. The van der Waals surface area contributed by atoms with Crippen LogP contribution < -0.4 is 10.6 Å². The van der Waals surface area contributed by atoms with E-state index in [-0.39, 0.29) is 12.2 Å². The topological polar surface area (TPSA) is 78.4 Å². The van der Waals surface area contributed by atoms with Crippen molar-refractivity contribution in [2.45, 2.75) is 19.2 Å². The van der Waals surface area contributed by atoms with Gasteiger partial charge in [0, 0.05) is 12.2 Å². The first-order valence-electron chi connectivity index (χ1n) is 6.14. The zero-order chi connectivity index (χ0) is 15.8. The zero-order valence-corrected chi connectivity index (χ0v) is 11.0. The van der Waals surface area contributed by atoms with Crippen LogP contribution in [0.1, 0.15) is 11.1 Å².